The Bertz CT molecular complexity index is 514. The van der Waals surface area contributed by atoms with Crippen LogP contribution in [0.2, 0.25) is 0 Å². The van der Waals surface area contributed by atoms with Crippen LogP contribution >= 0.6 is 0 Å². The lowest BCUT2D eigenvalue weighted by molar-refractivity contribution is -0.0371. The summed E-state index contributed by atoms with van der Waals surface area (Å²) in [6, 6.07) is 3.47. The lowest BCUT2D eigenvalue weighted by atomic mass is 10.1. The molecule has 4 nitrogen and oxygen atoms in total. The zero-order valence-electron chi connectivity index (χ0n) is 12.0. The van der Waals surface area contributed by atoms with Crippen LogP contribution in [0.15, 0.2) is 18.2 Å². The van der Waals surface area contributed by atoms with Gasteiger partial charge in [0.1, 0.15) is 11.6 Å². The summed E-state index contributed by atoms with van der Waals surface area (Å²) in [6.07, 6.45) is -0.903. The Hall–Kier alpha value is -1.08. The van der Waals surface area contributed by atoms with Crippen LogP contribution in [0.1, 0.15) is 11.7 Å². The summed E-state index contributed by atoms with van der Waals surface area (Å²) in [4.78, 5) is 4.30. The van der Waals surface area contributed by atoms with E-state index < -0.39 is 17.7 Å². The minimum Gasteiger partial charge on any atom is -0.387 e. The average molecular weight is 298 g/mol. The molecule has 0 aliphatic carbocycles. The molecule has 0 aromatic heterocycles. The molecule has 2 fully saturated rings. The SMILES string of the molecule is CN1CCOC2CN(CC(O)c3cc(F)ccc3F)CC21. The normalized spacial score (nSPS) is 28.6. The summed E-state index contributed by atoms with van der Waals surface area (Å²) in [5.41, 5.74) is 0.0131. The van der Waals surface area contributed by atoms with Crippen molar-refractivity contribution in [3.05, 3.63) is 35.4 Å². The third-order valence-corrected chi connectivity index (χ3v) is 4.40. The fourth-order valence-corrected chi connectivity index (χ4v) is 3.20. The van der Waals surface area contributed by atoms with Gasteiger partial charge in [-0.1, -0.05) is 0 Å². The van der Waals surface area contributed by atoms with Gasteiger partial charge in [-0.25, -0.2) is 8.78 Å². The van der Waals surface area contributed by atoms with Crippen LogP contribution in [0.5, 0.6) is 0 Å². The quantitative estimate of drug-likeness (QED) is 0.903. The van der Waals surface area contributed by atoms with Gasteiger partial charge in [-0.3, -0.25) is 9.80 Å². The Labute approximate surface area is 122 Å². The van der Waals surface area contributed by atoms with Gasteiger partial charge >= 0.3 is 0 Å². The number of rotatable bonds is 3. The predicted molar refractivity (Wildman–Crippen MR) is 73.9 cm³/mol. The van der Waals surface area contributed by atoms with Crippen LogP contribution in [0.3, 0.4) is 0 Å². The Morgan fingerprint density at radius 1 is 1.38 bits per heavy atom. The molecule has 6 heteroatoms. The van der Waals surface area contributed by atoms with Crippen molar-refractivity contribution in [2.45, 2.75) is 18.2 Å². The highest BCUT2D eigenvalue weighted by Gasteiger charge is 2.39. The number of morpholine rings is 1. The van der Waals surface area contributed by atoms with E-state index in [4.69, 9.17) is 4.74 Å². The van der Waals surface area contributed by atoms with Crippen molar-refractivity contribution >= 4 is 0 Å². The van der Waals surface area contributed by atoms with E-state index in [1.54, 1.807) is 0 Å². The second kappa shape index (κ2) is 5.96. The molecule has 1 aromatic rings. The number of hydrogen-bond donors (Lipinski definition) is 1. The number of likely N-dealkylation sites (tertiary alicyclic amines) is 1. The number of β-amino-alcohol motifs (C(OH)–C–C–N with tert-alkyl or cyclic N) is 1. The highest BCUT2D eigenvalue weighted by Crippen LogP contribution is 2.25. The highest BCUT2D eigenvalue weighted by molar-refractivity contribution is 5.21. The maximum absolute atomic E-state index is 13.7. The third-order valence-electron chi connectivity index (χ3n) is 4.40. The lowest BCUT2D eigenvalue weighted by Gasteiger charge is -2.33. The molecular weight excluding hydrogens is 278 g/mol. The molecule has 3 unspecified atom stereocenters. The Morgan fingerprint density at radius 2 is 2.19 bits per heavy atom. The zero-order chi connectivity index (χ0) is 15.0. The number of likely N-dealkylation sites (N-methyl/N-ethyl adjacent to an activating group) is 1. The smallest absolute Gasteiger partial charge is 0.129 e. The summed E-state index contributed by atoms with van der Waals surface area (Å²) >= 11 is 0. The third kappa shape index (κ3) is 3.08. The van der Waals surface area contributed by atoms with Crippen LogP contribution in [0.25, 0.3) is 0 Å². The topological polar surface area (TPSA) is 35.9 Å². The number of aliphatic hydroxyl groups excluding tert-OH is 1. The molecule has 0 radical (unpaired) electrons. The van der Waals surface area contributed by atoms with Crippen molar-refractivity contribution < 1.29 is 18.6 Å². The molecule has 0 spiro atoms. The number of fused-ring (bicyclic) bond motifs is 1. The first-order valence-corrected chi connectivity index (χ1v) is 7.22. The number of nitrogens with zero attached hydrogens (tertiary/aromatic N) is 2. The van der Waals surface area contributed by atoms with Crippen molar-refractivity contribution in [3.63, 3.8) is 0 Å². The van der Waals surface area contributed by atoms with Crippen molar-refractivity contribution in [3.8, 4) is 0 Å². The molecule has 116 valence electrons. The van der Waals surface area contributed by atoms with E-state index in [2.05, 4.69) is 11.9 Å². The predicted octanol–water partition coefficient (Wildman–Crippen LogP) is 1.01. The van der Waals surface area contributed by atoms with E-state index in [1.165, 1.54) is 0 Å². The first kappa shape index (κ1) is 14.8. The summed E-state index contributed by atoms with van der Waals surface area (Å²) in [5, 5.41) is 10.2. The molecule has 2 aliphatic heterocycles. The number of benzene rings is 1. The molecular formula is C15H20F2N2O2. The first-order chi connectivity index (χ1) is 10.0. The molecule has 2 heterocycles. The number of aliphatic hydroxyl groups is 1. The standard InChI is InChI=1S/C15H20F2N2O2/c1-18-4-5-21-15-9-19(7-13(15)18)8-14(20)11-6-10(16)2-3-12(11)17/h2-3,6,13-15,20H,4-5,7-9H2,1H3. The van der Waals surface area contributed by atoms with Crippen molar-refractivity contribution in [1.82, 2.24) is 9.80 Å². The summed E-state index contributed by atoms with van der Waals surface area (Å²) in [6.45, 7) is 3.38. The van der Waals surface area contributed by atoms with Gasteiger partial charge in [-0.2, -0.15) is 0 Å². The first-order valence-electron chi connectivity index (χ1n) is 7.22. The van der Waals surface area contributed by atoms with Crippen LogP contribution in [0.4, 0.5) is 8.78 Å². The van der Waals surface area contributed by atoms with Crippen LogP contribution in [0, 0.1) is 11.6 Å². The van der Waals surface area contributed by atoms with Crippen LogP contribution in [-0.4, -0.2) is 66.9 Å². The fraction of sp³-hybridized carbons (Fsp3) is 0.600. The molecule has 3 atom stereocenters. The van der Waals surface area contributed by atoms with E-state index in [0.29, 0.717) is 19.2 Å². The Morgan fingerprint density at radius 3 is 2.95 bits per heavy atom. The van der Waals surface area contributed by atoms with Crippen molar-refractivity contribution in [2.24, 2.45) is 0 Å². The minimum atomic E-state index is -1.04. The second-order valence-corrected chi connectivity index (χ2v) is 5.86. The monoisotopic (exact) mass is 298 g/mol. The van der Waals surface area contributed by atoms with Gasteiger partial charge in [0.25, 0.3) is 0 Å². The maximum atomic E-state index is 13.7. The van der Waals surface area contributed by atoms with Crippen LogP contribution in [-0.2, 0) is 4.74 Å². The molecule has 0 amide bonds. The molecule has 21 heavy (non-hydrogen) atoms. The average Bonchev–Trinajstić information content (AvgIpc) is 2.85. The van der Waals surface area contributed by atoms with E-state index in [1.807, 2.05) is 4.90 Å². The Kier molecular flexibility index (Phi) is 4.21. The van der Waals surface area contributed by atoms with Gasteiger partial charge in [0.05, 0.1) is 18.8 Å². The highest BCUT2D eigenvalue weighted by atomic mass is 19.1. The minimum absolute atomic E-state index is 0.0131. The number of halogens is 2. The molecule has 0 saturated carbocycles. The number of hydrogen-bond acceptors (Lipinski definition) is 4. The number of ether oxygens (including phenoxy) is 1. The van der Waals surface area contributed by atoms with Gasteiger partial charge in [0, 0.05) is 37.8 Å². The molecule has 3 rings (SSSR count). The van der Waals surface area contributed by atoms with E-state index in [0.717, 1.165) is 31.3 Å². The van der Waals surface area contributed by atoms with Gasteiger partial charge in [0.15, 0.2) is 0 Å². The second-order valence-electron chi connectivity index (χ2n) is 5.86. The fourth-order valence-electron chi connectivity index (χ4n) is 3.20. The van der Waals surface area contributed by atoms with Crippen molar-refractivity contribution in [1.29, 1.82) is 0 Å². The molecule has 2 aliphatic rings. The largest absolute Gasteiger partial charge is 0.387 e. The van der Waals surface area contributed by atoms with Gasteiger partial charge in [0.2, 0.25) is 0 Å². The summed E-state index contributed by atoms with van der Waals surface area (Å²) < 4.78 is 32.6. The molecule has 0 bridgehead atoms. The van der Waals surface area contributed by atoms with Crippen molar-refractivity contribution in [2.75, 3.05) is 39.8 Å². The molecule has 1 N–H and O–H groups in total. The summed E-state index contributed by atoms with van der Waals surface area (Å²) in [5.74, 6) is -1.11. The van der Waals surface area contributed by atoms with E-state index in [-0.39, 0.29) is 18.2 Å². The van der Waals surface area contributed by atoms with E-state index in [9.17, 15) is 13.9 Å². The van der Waals surface area contributed by atoms with Gasteiger partial charge in [-0.05, 0) is 25.2 Å². The maximum Gasteiger partial charge on any atom is 0.129 e. The summed E-state index contributed by atoms with van der Waals surface area (Å²) in [7, 11) is 2.06. The lowest BCUT2D eigenvalue weighted by Crippen LogP contribution is -2.48. The molecule has 2 saturated heterocycles. The molecule has 1 aromatic carbocycles. The van der Waals surface area contributed by atoms with E-state index >= 15 is 0 Å². The van der Waals surface area contributed by atoms with Gasteiger partial charge < -0.3 is 9.84 Å². The van der Waals surface area contributed by atoms with Crippen LogP contribution < -0.4 is 0 Å². The van der Waals surface area contributed by atoms with Gasteiger partial charge in [-0.15, -0.1) is 0 Å². The zero-order valence-corrected chi connectivity index (χ0v) is 12.0. The Balaban J connectivity index is 1.65.